The Morgan fingerprint density at radius 2 is 1.64 bits per heavy atom. The molecule has 0 saturated heterocycles. The minimum absolute atomic E-state index is 0.253. The van der Waals surface area contributed by atoms with Crippen LogP contribution in [0.25, 0.3) is 0 Å². The number of nitrogens with two attached hydrogens (primary N) is 1. The monoisotopic (exact) mass is 377 g/mol. The zero-order valence-electron chi connectivity index (χ0n) is 16.3. The quantitative estimate of drug-likeness (QED) is 0.773. The van der Waals surface area contributed by atoms with E-state index >= 15 is 0 Å². The lowest BCUT2D eigenvalue weighted by Gasteiger charge is -2.26. The lowest BCUT2D eigenvalue weighted by Crippen LogP contribution is -2.29. The summed E-state index contributed by atoms with van der Waals surface area (Å²) in [6.07, 6.45) is 5.35. The van der Waals surface area contributed by atoms with Crippen molar-refractivity contribution in [2.24, 2.45) is 11.7 Å². The molecular formula is C23H27N3O2. The highest BCUT2D eigenvalue weighted by Crippen LogP contribution is 2.31. The summed E-state index contributed by atoms with van der Waals surface area (Å²) in [6.45, 7) is 2.95. The zero-order chi connectivity index (χ0) is 19.7. The van der Waals surface area contributed by atoms with Gasteiger partial charge in [0.25, 0.3) is 11.8 Å². The van der Waals surface area contributed by atoms with E-state index in [1.165, 1.54) is 10.5 Å². The van der Waals surface area contributed by atoms with E-state index in [1.807, 2.05) is 36.4 Å². The molecule has 0 spiro atoms. The largest absolute Gasteiger partial charge is 0.385 e. The third-order valence-corrected chi connectivity index (χ3v) is 5.98. The van der Waals surface area contributed by atoms with E-state index in [0.717, 1.165) is 44.3 Å². The van der Waals surface area contributed by atoms with Gasteiger partial charge in [0, 0.05) is 18.3 Å². The number of carbonyl (C=O) groups is 2. The highest BCUT2D eigenvalue weighted by atomic mass is 16.2. The summed E-state index contributed by atoms with van der Waals surface area (Å²) in [4.78, 5) is 27.0. The average Bonchev–Trinajstić information content (AvgIpc) is 2.97. The molecule has 1 heterocycles. The second kappa shape index (κ2) is 7.76. The molecule has 28 heavy (non-hydrogen) atoms. The number of hydrogen-bond donors (Lipinski definition) is 2. The van der Waals surface area contributed by atoms with Crippen molar-refractivity contribution in [3.8, 4) is 0 Å². The van der Waals surface area contributed by atoms with Crippen LogP contribution < -0.4 is 16.0 Å². The SMILES string of the molecule is CCc1ccc(N2C(=O)c3ccc(NCC4CCC(N)CC4)cc3C2=O)cc1. The summed E-state index contributed by atoms with van der Waals surface area (Å²) in [7, 11) is 0. The molecule has 0 aromatic heterocycles. The molecule has 1 aliphatic heterocycles. The van der Waals surface area contributed by atoms with Crippen LogP contribution in [0.5, 0.6) is 0 Å². The van der Waals surface area contributed by atoms with Crippen molar-refractivity contribution >= 4 is 23.2 Å². The van der Waals surface area contributed by atoms with Gasteiger partial charge in [0.15, 0.2) is 0 Å². The number of nitrogens with one attached hydrogen (secondary N) is 1. The van der Waals surface area contributed by atoms with Crippen molar-refractivity contribution in [3.05, 3.63) is 59.2 Å². The van der Waals surface area contributed by atoms with Crippen LogP contribution >= 0.6 is 0 Å². The molecule has 3 N–H and O–H groups in total. The minimum atomic E-state index is -0.253. The van der Waals surface area contributed by atoms with Gasteiger partial charge in [0.05, 0.1) is 16.8 Å². The molecule has 4 rings (SSSR count). The fourth-order valence-electron chi connectivity index (χ4n) is 4.12. The first kappa shape index (κ1) is 18.7. The Morgan fingerprint density at radius 3 is 2.32 bits per heavy atom. The number of nitrogens with zero attached hydrogens (tertiary/aromatic N) is 1. The first-order valence-corrected chi connectivity index (χ1v) is 10.2. The van der Waals surface area contributed by atoms with Gasteiger partial charge in [-0.25, -0.2) is 4.90 Å². The van der Waals surface area contributed by atoms with Crippen LogP contribution in [0, 0.1) is 5.92 Å². The predicted molar refractivity (Wildman–Crippen MR) is 112 cm³/mol. The Kier molecular flexibility index (Phi) is 5.18. The minimum Gasteiger partial charge on any atom is -0.385 e. The van der Waals surface area contributed by atoms with Gasteiger partial charge in [-0.3, -0.25) is 9.59 Å². The van der Waals surface area contributed by atoms with E-state index in [2.05, 4.69) is 12.2 Å². The average molecular weight is 377 g/mol. The Hall–Kier alpha value is -2.66. The van der Waals surface area contributed by atoms with Crippen molar-refractivity contribution in [2.75, 3.05) is 16.8 Å². The summed E-state index contributed by atoms with van der Waals surface area (Å²) in [5.41, 5.74) is 9.61. The van der Waals surface area contributed by atoms with Gasteiger partial charge >= 0.3 is 0 Å². The van der Waals surface area contributed by atoms with Crippen molar-refractivity contribution < 1.29 is 9.59 Å². The van der Waals surface area contributed by atoms with Crippen LogP contribution in [0.4, 0.5) is 11.4 Å². The molecule has 0 unspecified atom stereocenters. The normalized spacial score (nSPS) is 21.7. The maximum Gasteiger partial charge on any atom is 0.266 e. The van der Waals surface area contributed by atoms with Crippen molar-refractivity contribution in [3.63, 3.8) is 0 Å². The van der Waals surface area contributed by atoms with Crippen LogP contribution in [0.2, 0.25) is 0 Å². The Morgan fingerprint density at radius 1 is 0.964 bits per heavy atom. The molecule has 1 aliphatic carbocycles. The predicted octanol–water partition coefficient (Wildman–Crippen LogP) is 3.98. The molecular weight excluding hydrogens is 350 g/mol. The third kappa shape index (κ3) is 3.54. The van der Waals surface area contributed by atoms with Gasteiger partial charge < -0.3 is 11.1 Å². The smallest absolute Gasteiger partial charge is 0.266 e. The van der Waals surface area contributed by atoms with Crippen LogP contribution in [0.15, 0.2) is 42.5 Å². The molecule has 2 aromatic carbocycles. The van der Waals surface area contributed by atoms with E-state index in [-0.39, 0.29) is 11.8 Å². The molecule has 1 fully saturated rings. The molecule has 0 atom stereocenters. The summed E-state index contributed by atoms with van der Waals surface area (Å²) in [5.74, 6) is 0.104. The molecule has 2 aliphatic rings. The molecule has 2 amide bonds. The maximum atomic E-state index is 12.9. The van der Waals surface area contributed by atoms with Crippen LogP contribution in [0.3, 0.4) is 0 Å². The fraction of sp³-hybridized carbons (Fsp3) is 0.391. The molecule has 5 heteroatoms. The second-order valence-electron chi connectivity index (χ2n) is 7.89. The summed E-state index contributed by atoms with van der Waals surface area (Å²) in [6, 6.07) is 13.4. The fourth-order valence-corrected chi connectivity index (χ4v) is 4.12. The van der Waals surface area contributed by atoms with Gasteiger partial charge in [0.2, 0.25) is 0 Å². The third-order valence-electron chi connectivity index (χ3n) is 5.98. The molecule has 146 valence electrons. The van der Waals surface area contributed by atoms with Crippen molar-refractivity contribution in [2.45, 2.75) is 45.1 Å². The Balaban J connectivity index is 1.48. The van der Waals surface area contributed by atoms with Crippen molar-refractivity contribution in [1.29, 1.82) is 0 Å². The number of carbonyl (C=O) groups excluding carboxylic acids is 2. The Bertz CT molecular complexity index is 883. The van der Waals surface area contributed by atoms with Gasteiger partial charge in [-0.1, -0.05) is 19.1 Å². The second-order valence-corrected chi connectivity index (χ2v) is 7.89. The van der Waals surface area contributed by atoms with E-state index < -0.39 is 0 Å². The summed E-state index contributed by atoms with van der Waals surface area (Å²) >= 11 is 0. The van der Waals surface area contributed by atoms with Gasteiger partial charge in [-0.05, 0) is 73.9 Å². The molecule has 0 radical (unpaired) electrons. The highest BCUT2D eigenvalue weighted by molar-refractivity contribution is 6.34. The maximum absolute atomic E-state index is 12.9. The molecule has 0 bridgehead atoms. The van der Waals surface area contributed by atoms with E-state index in [1.54, 1.807) is 6.07 Å². The number of hydrogen-bond acceptors (Lipinski definition) is 4. The lowest BCUT2D eigenvalue weighted by atomic mass is 9.86. The van der Waals surface area contributed by atoms with Crippen LogP contribution in [-0.2, 0) is 6.42 Å². The highest BCUT2D eigenvalue weighted by Gasteiger charge is 2.36. The molecule has 1 saturated carbocycles. The van der Waals surface area contributed by atoms with Gasteiger partial charge in [-0.2, -0.15) is 0 Å². The summed E-state index contributed by atoms with van der Waals surface area (Å²) in [5, 5.41) is 3.44. The number of rotatable bonds is 5. The van der Waals surface area contributed by atoms with Crippen LogP contribution in [0.1, 0.15) is 58.9 Å². The number of aryl methyl sites for hydroxylation is 1. The standard InChI is InChI=1S/C23H27N3O2/c1-2-15-5-10-19(11-6-15)26-22(27)20-12-9-18(13-21(20)23(26)28)25-14-16-3-7-17(24)8-4-16/h5-6,9-13,16-17,25H,2-4,7-8,14,24H2,1H3. The molecule has 5 nitrogen and oxygen atoms in total. The van der Waals surface area contributed by atoms with Gasteiger partial charge in [-0.15, -0.1) is 0 Å². The van der Waals surface area contributed by atoms with E-state index in [4.69, 9.17) is 5.73 Å². The topological polar surface area (TPSA) is 75.4 Å². The number of anilines is 2. The van der Waals surface area contributed by atoms with Gasteiger partial charge in [0.1, 0.15) is 0 Å². The number of benzene rings is 2. The first-order valence-electron chi connectivity index (χ1n) is 10.2. The number of imide groups is 1. The number of amides is 2. The zero-order valence-corrected chi connectivity index (χ0v) is 16.3. The van der Waals surface area contributed by atoms with Crippen LogP contribution in [-0.4, -0.2) is 24.4 Å². The number of fused-ring (bicyclic) bond motifs is 1. The Labute approximate surface area is 165 Å². The van der Waals surface area contributed by atoms with E-state index in [9.17, 15) is 9.59 Å². The molecule has 2 aromatic rings. The summed E-state index contributed by atoms with van der Waals surface area (Å²) < 4.78 is 0. The lowest BCUT2D eigenvalue weighted by molar-refractivity contribution is 0.0926. The van der Waals surface area contributed by atoms with E-state index in [0.29, 0.717) is 28.8 Å². The van der Waals surface area contributed by atoms with Crippen molar-refractivity contribution in [1.82, 2.24) is 0 Å². The first-order chi connectivity index (χ1) is 13.6.